The maximum atomic E-state index is 13.3. The second-order valence-electron chi connectivity index (χ2n) is 5.30. The highest BCUT2D eigenvalue weighted by atomic mass is 19.1. The van der Waals surface area contributed by atoms with E-state index in [9.17, 15) is 9.18 Å². The molecule has 0 saturated carbocycles. The summed E-state index contributed by atoms with van der Waals surface area (Å²) in [6.07, 6.45) is 2.81. The smallest absolute Gasteiger partial charge is 0.254 e. The van der Waals surface area contributed by atoms with E-state index in [4.69, 9.17) is 0 Å². The minimum Gasteiger partial charge on any atom is -0.328 e. The van der Waals surface area contributed by atoms with Crippen molar-refractivity contribution in [3.63, 3.8) is 0 Å². The third-order valence-corrected chi connectivity index (χ3v) is 3.75. The van der Waals surface area contributed by atoms with Crippen molar-refractivity contribution < 1.29 is 9.18 Å². The molecule has 1 amide bonds. The number of nitrogens with zero attached hydrogens (tertiary/aromatic N) is 3. The number of hydrogen-bond acceptors (Lipinski definition) is 3. The number of aryl methyl sites for hydroxylation is 1. The summed E-state index contributed by atoms with van der Waals surface area (Å²) in [5.41, 5.74) is 0.370. The maximum absolute atomic E-state index is 13.3. The average Bonchev–Trinajstić information content (AvgIpc) is 2.93. The normalized spacial score (nSPS) is 18.8. The summed E-state index contributed by atoms with van der Waals surface area (Å²) in [5, 5.41) is 6.99. The Bertz CT molecular complexity index is 655. The van der Waals surface area contributed by atoms with Crippen molar-refractivity contribution in [1.82, 2.24) is 20.1 Å². The Kier molecular flexibility index (Phi) is 3.68. The van der Waals surface area contributed by atoms with Gasteiger partial charge in [-0.1, -0.05) is 6.07 Å². The lowest BCUT2D eigenvalue weighted by Gasteiger charge is -2.34. The highest BCUT2D eigenvalue weighted by Gasteiger charge is 2.31. The van der Waals surface area contributed by atoms with Crippen molar-refractivity contribution in [3.8, 4) is 0 Å². The van der Waals surface area contributed by atoms with Gasteiger partial charge in [-0.3, -0.25) is 9.89 Å². The number of nitrogens with one attached hydrogen (secondary N) is 1. The van der Waals surface area contributed by atoms with Crippen molar-refractivity contribution in [2.24, 2.45) is 0 Å². The number of carbonyl (C=O) groups is 1. The van der Waals surface area contributed by atoms with Crippen LogP contribution in [0.1, 0.15) is 47.3 Å². The van der Waals surface area contributed by atoms with Gasteiger partial charge in [0.15, 0.2) is 5.82 Å². The van der Waals surface area contributed by atoms with Gasteiger partial charge in [-0.25, -0.2) is 9.37 Å². The van der Waals surface area contributed by atoms with Crippen molar-refractivity contribution in [2.45, 2.75) is 32.2 Å². The first kappa shape index (κ1) is 13.7. The van der Waals surface area contributed by atoms with E-state index in [2.05, 4.69) is 15.2 Å². The summed E-state index contributed by atoms with van der Waals surface area (Å²) in [4.78, 5) is 18.7. The number of hydrogen-bond donors (Lipinski definition) is 1. The van der Waals surface area contributed by atoms with Crippen molar-refractivity contribution in [1.29, 1.82) is 0 Å². The van der Waals surface area contributed by atoms with E-state index >= 15 is 0 Å². The summed E-state index contributed by atoms with van der Waals surface area (Å²) in [7, 11) is 0. The zero-order valence-electron chi connectivity index (χ0n) is 11.8. The van der Waals surface area contributed by atoms with Gasteiger partial charge in [-0.2, -0.15) is 5.10 Å². The standard InChI is InChI=1S/C15H17FN4O/c1-10-17-14(19-18-10)13-7-2-3-8-20(13)15(21)11-5-4-6-12(16)9-11/h4-6,9,13H,2-3,7-8H2,1H3,(H,17,18,19). The van der Waals surface area contributed by atoms with Crippen molar-refractivity contribution >= 4 is 5.91 Å². The van der Waals surface area contributed by atoms with Crippen LogP contribution in [0.25, 0.3) is 0 Å². The fourth-order valence-electron chi connectivity index (χ4n) is 2.74. The number of rotatable bonds is 2. The Morgan fingerprint density at radius 2 is 2.29 bits per heavy atom. The molecule has 0 radical (unpaired) electrons. The van der Waals surface area contributed by atoms with E-state index in [0.717, 1.165) is 25.1 Å². The quantitative estimate of drug-likeness (QED) is 0.924. The molecule has 1 atom stereocenters. The van der Waals surface area contributed by atoms with Gasteiger partial charge in [0.05, 0.1) is 6.04 Å². The third-order valence-electron chi connectivity index (χ3n) is 3.75. The Balaban J connectivity index is 1.89. The van der Waals surface area contributed by atoms with Crippen LogP contribution < -0.4 is 0 Å². The number of aromatic amines is 1. The van der Waals surface area contributed by atoms with Crippen LogP contribution in [0.15, 0.2) is 24.3 Å². The average molecular weight is 288 g/mol. The highest BCUT2D eigenvalue weighted by Crippen LogP contribution is 2.30. The summed E-state index contributed by atoms with van der Waals surface area (Å²) in [6, 6.07) is 5.67. The number of halogens is 1. The highest BCUT2D eigenvalue weighted by molar-refractivity contribution is 5.94. The molecule has 0 spiro atoms. The van der Waals surface area contributed by atoms with Crippen LogP contribution in [0, 0.1) is 12.7 Å². The number of benzene rings is 1. The molecular formula is C15H17FN4O. The predicted octanol–water partition coefficient (Wildman–Crippen LogP) is 2.62. The molecule has 2 heterocycles. The van der Waals surface area contributed by atoms with Crippen LogP contribution in [-0.4, -0.2) is 32.5 Å². The minimum absolute atomic E-state index is 0.139. The third kappa shape index (κ3) is 2.79. The Labute approximate surface area is 122 Å². The number of piperidine rings is 1. The lowest BCUT2D eigenvalue weighted by molar-refractivity contribution is 0.0600. The van der Waals surface area contributed by atoms with Gasteiger partial charge < -0.3 is 4.90 Å². The Morgan fingerprint density at radius 1 is 1.43 bits per heavy atom. The maximum Gasteiger partial charge on any atom is 0.254 e. The molecule has 0 bridgehead atoms. The number of amides is 1. The van der Waals surface area contributed by atoms with Gasteiger partial charge >= 0.3 is 0 Å². The van der Waals surface area contributed by atoms with E-state index in [-0.39, 0.29) is 11.9 Å². The Morgan fingerprint density at radius 3 is 3.00 bits per heavy atom. The summed E-state index contributed by atoms with van der Waals surface area (Å²) >= 11 is 0. The van der Waals surface area contributed by atoms with Crippen LogP contribution in [0.4, 0.5) is 4.39 Å². The van der Waals surface area contributed by atoms with Gasteiger partial charge in [0.25, 0.3) is 5.91 Å². The molecule has 1 N–H and O–H groups in total. The molecule has 2 aromatic rings. The van der Waals surface area contributed by atoms with Gasteiger partial charge in [-0.15, -0.1) is 0 Å². The van der Waals surface area contributed by atoms with Gasteiger partial charge in [0.2, 0.25) is 0 Å². The molecule has 21 heavy (non-hydrogen) atoms. The monoisotopic (exact) mass is 288 g/mol. The molecule has 1 aliphatic heterocycles. The Hall–Kier alpha value is -2.24. The van der Waals surface area contributed by atoms with Crippen molar-refractivity contribution in [2.75, 3.05) is 6.54 Å². The lowest BCUT2D eigenvalue weighted by atomic mass is 10.00. The van der Waals surface area contributed by atoms with E-state index < -0.39 is 5.82 Å². The molecule has 0 aliphatic carbocycles. The number of H-pyrrole nitrogens is 1. The molecule has 1 fully saturated rings. The zero-order valence-corrected chi connectivity index (χ0v) is 11.8. The molecule has 1 aliphatic rings. The van der Waals surface area contributed by atoms with Crippen LogP contribution in [0.2, 0.25) is 0 Å². The summed E-state index contributed by atoms with van der Waals surface area (Å²) in [6.45, 7) is 2.48. The first-order valence-corrected chi connectivity index (χ1v) is 7.10. The van der Waals surface area contributed by atoms with E-state index in [0.29, 0.717) is 17.9 Å². The van der Waals surface area contributed by atoms with Gasteiger partial charge in [0.1, 0.15) is 11.6 Å². The summed E-state index contributed by atoms with van der Waals surface area (Å²) < 4.78 is 13.3. The zero-order chi connectivity index (χ0) is 14.8. The van der Waals surface area contributed by atoms with E-state index in [1.54, 1.807) is 17.0 Å². The van der Waals surface area contributed by atoms with E-state index in [1.165, 1.54) is 12.1 Å². The molecule has 1 aromatic carbocycles. The molecule has 1 unspecified atom stereocenters. The number of likely N-dealkylation sites (tertiary alicyclic amines) is 1. The molecule has 5 nitrogen and oxygen atoms in total. The van der Waals surface area contributed by atoms with Gasteiger partial charge in [0, 0.05) is 12.1 Å². The summed E-state index contributed by atoms with van der Waals surface area (Å²) in [5.74, 6) is 0.801. The molecule has 1 saturated heterocycles. The number of aromatic nitrogens is 3. The minimum atomic E-state index is -0.400. The fraction of sp³-hybridized carbons (Fsp3) is 0.400. The predicted molar refractivity (Wildman–Crippen MR) is 75.1 cm³/mol. The molecule has 110 valence electrons. The second kappa shape index (κ2) is 5.63. The lowest BCUT2D eigenvalue weighted by Crippen LogP contribution is -2.39. The van der Waals surface area contributed by atoms with Crippen LogP contribution >= 0.6 is 0 Å². The molecule has 1 aromatic heterocycles. The number of carbonyl (C=O) groups excluding carboxylic acids is 1. The SMILES string of the molecule is Cc1nc(C2CCCCN2C(=O)c2cccc(F)c2)n[nH]1. The largest absolute Gasteiger partial charge is 0.328 e. The van der Waals surface area contributed by atoms with Crippen LogP contribution in [0.3, 0.4) is 0 Å². The van der Waals surface area contributed by atoms with Gasteiger partial charge in [-0.05, 0) is 44.4 Å². The first-order valence-electron chi connectivity index (χ1n) is 7.10. The van der Waals surface area contributed by atoms with E-state index in [1.807, 2.05) is 6.92 Å². The fourth-order valence-corrected chi connectivity index (χ4v) is 2.74. The molecule has 3 rings (SSSR count). The van der Waals surface area contributed by atoms with Crippen LogP contribution in [0.5, 0.6) is 0 Å². The molecule has 6 heteroatoms. The first-order chi connectivity index (χ1) is 10.1. The topological polar surface area (TPSA) is 61.9 Å². The van der Waals surface area contributed by atoms with Crippen LogP contribution in [-0.2, 0) is 0 Å². The molecular weight excluding hydrogens is 271 g/mol. The second-order valence-corrected chi connectivity index (χ2v) is 5.30. The van der Waals surface area contributed by atoms with Crippen molar-refractivity contribution in [3.05, 3.63) is 47.3 Å².